The Bertz CT molecular complexity index is 1270. The van der Waals surface area contributed by atoms with Gasteiger partial charge in [-0.05, 0) is 37.7 Å². The number of hydrogen-bond acceptors (Lipinski definition) is 4. The average molecular weight is 425 g/mol. The monoisotopic (exact) mass is 424 g/mol. The zero-order valence-corrected chi connectivity index (χ0v) is 18.1. The van der Waals surface area contributed by atoms with Gasteiger partial charge in [0.05, 0.1) is 5.56 Å². The van der Waals surface area contributed by atoms with Crippen LogP contribution in [0.4, 0.5) is 5.69 Å². The molecule has 1 saturated heterocycles. The number of carbonyl (C=O) groups excluding carboxylic acids is 2. The average Bonchev–Trinajstić information content (AvgIpc) is 3.25. The maximum atomic E-state index is 14.5. The van der Waals surface area contributed by atoms with Gasteiger partial charge in [-0.15, -0.1) is 0 Å². The van der Waals surface area contributed by atoms with Gasteiger partial charge in [0, 0.05) is 23.7 Å². The molecule has 6 rings (SSSR count). The number of amides is 1. The minimum absolute atomic E-state index is 0.0267. The molecule has 0 saturated carbocycles. The molecule has 0 bridgehead atoms. The van der Waals surface area contributed by atoms with E-state index in [2.05, 4.69) is 34.5 Å². The van der Waals surface area contributed by atoms with Gasteiger partial charge < -0.3 is 10.1 Å². The summed E-state index contributed by atoms with van der Waals surface area (Å²) in [5.74, 6) is 0.196. The number of para-hydroxylation sites is 2. The topological polar surface area (TPSA) is 58.6 Å². The molecule has 0 radical (unpaired) electrons. The number of benzene rings is 3. The molecule has 0 aliphatic carbocycles. The first kappa shape index (κ1) is 19.3. The van der Waals surface area contributed by atoms with Crippen molar-refractivity contribution in [2.75, 3.05) is 25.5 Å². The zero-order valence-electron chi connectivity index (χ0n) is 18.1. The Morgan fingerprint density at radius 3 is 2.50 bits per heavy atom. The summed E-state index contributed by atoms with van der Waals surface area (Å²) in [4.78, 5) is 30.4. The highest BCUT2D eigenvalue weighted by Gasteiger charge is 2.75. The summed E-state index contributed by atoms with van der Waals surface area (Å²) in [5.41, 5.74) is 2.12. The lowest BCUT2D eigenvalue weighted by molar-refractivity contribution is -0.131. The fourth-order valence-corrected chi connectivity index (χ4v) is 6.22. The van der Waals surface area contributed by atoms with Gasteiger partial charge in [0.1, 0.15) is 23.3 Å². The third-order valence-electron chi connectivity index (χ3n) is 7.64. The first-order valence-electron chi connectivity index (χ1n) is 11.0. The molecule has 160 valence electrons. The second-order valence-corrected chi connectivity index (χ2v) is 9.14. The fraction of sp³-hybridized carbons (Fsp3) is 0.259. The Hall–Kier alpha value is -3.44. The molecule has 2 spiro atoms. The molecular formula is C27H24N2O3. The van der Waals surface area contributed by atoms with E-state index in [1.807, 2.05) is 62.5 Å². The van der Waals surface area contributed by atoms with E-state index in [0.717, 1.165) is 22.4 Å². The van der Waals surface area contributed by atoms with Gasteiger partial charge in [-0.2, -0.15) is 0 Å². The third kappa shape index (κ3) is 2.16. The van der Waals surface area contributed by atoms with Crippen molar-refractivity contribution in [1.82, 2.24) is 4.90 Å². The van der Waals surface area contributed by atoms with E-state index in [4.69, 9.17) is 4.74 Å². The van der Waals surface area contributed by atoms with Crippen molar-refractivity contribution in [2.45, 2.75) is 18.4 Å². The summed E-state index contributed by atoms with van der Waals surface area (Å²) in [6.07, 6.45) is 0. The molecule has 3 aliphatic rings. The van der Waals surface area contributed by atoms with Gasteiger partial charge in [0.25, 0.3) is 5.91 Å². The number of ketones is 1. The van der Waals surface area contributed by atoms with Gasteiger partial charge >= 0.3 is 0 Å². The molecule has 3 atom stereocenters. The Kier molecular flexibility index (Phi) is 3.93. The van der Waals surface area contributed by atoms with Crippen molar-refractivity contribution in [1.29, 1.82) is 0 Å². The van der Waals surface area contributed by atoms with Crippen LogP contribution >= 0.6 is 0 Å². The van der Waals surface area contributed by atoms with Crippen LogP contribution in [0.25, 0.3) is 0 Å². The lowest BCUT2D eigenvalue weighted by atomic mass is 9.57. The largest absolute Gasteiger partial charge is 0.492 e. The Balaban J connectivity index is 1.67. The van der Waals surface area contributed by atoms with Crippen LogP contribution in [-0.4, -0.2) is 36.8 Å². The lowest BCUT2D eigenvalue weighted by Gasteiger charge is -2.47. The van der Waals surface area contributed by atoms with E-state index >= 15 is 0 Å². The second-order valence-electron chi connectivity index (χ2n) is 9.14. The summed E-state index contributed by atoms with van der Waals surface area (Å²) in [7, 11) is 1.95. The number of fused-ring (bicyclic) bond motifs is 4. The number of carbonyl (C=O) groups is 2. The minimum atomic E-state index is -1.15. The number of rotatable bonds is 1. The molecule has 5 heteroatoms. The van der Waals surface area contributed by atoms with E-state index in [0.29, 0.717) is 17.9 Å². The number of nitrogens with zero attached hydrogens (tertiary/aromatic N) is 1. The van der Waals surface area contributed by atoms with Crippen molar-refractivity contribution in [3.63, 3.8) is 0 Å². The Labute approximate surface area is 187 Å². The molecule has 3 aromatic carbocycles. The molecule has 1 N–H and O–H groups in total. The van der Waals surface area contributed by atoms with Crippen LogP contribution in [0, 0.1) is 12.3 Å². The highest BCUT2D eigenvalue weighted by atomic mass is 16.5. The van der Waals surface area contributed by atoms with Crippen molar-refractivity contribution in [3.05, 3.63) is 95.1 Å². The van der Waals surface area contributed by atoms with Gasteiger partial charge in [0.15, 0.2) is 5.78 Å². The van der Waals surface area contributed by atoms with Gasteiger partial charge in [-0.25, -0.2) is 0 Å². The molecule has 0 aromatic heterocycles. The van der Waals surface area contributed by atoms with E-state index in [-0.39, 0.29) is 24.2 Å². The van der Waals surface area contributed by atoms with Crippen molar-refractivity contribution in [3.8, 4) is 5.75 Å². The molecule has 3 aromatic rings. The van der Waals surface area contributed by atoms with Gasteiger partial charge in [-0.1, -0.05) is 60.2 Å². The quantitative estimate of drug-likeness (QED) is 0.638. The van der Waals surface area contributed by atoms with E-state index in [9.17, 15) is 9.59 Å². The second kappa shape index (κ2) is 6.53. The van der Waals surface area contributed by atoms with Crippen molar-refractivity contribution in [2.24, 2.45) is 5.41 Å². The number of nitrogens with one attached hydrogen (secondary N) is 1. The number of aryl methyl sites for hydroxylation is 1. The van der Waals surface area contributed by atoms with Crippen LogP contribution in [0.15, 0.2) is 72.8 Å². The highest BCUT2D eigenvalue weighted by Crippen LogP contribution is 2.64. The van der Waals surface area contributed by atoms with Crippen molar-refractivity contribution >= 4 is 17.4 Å². The molecule has 3 aliphatic heterocycles. The minimum Gasteiger partial charge on any atom is -0.492 e. The SMILES string of the molecule is Cc1ccc([C@@H]2CN(C)[C@@]3(C(=O)Nc4ccccc43)[C@]23COc2ccccc2C3=O)cc1. The zero-order chi connectivity index (χ0) is 22.1. The lowest BCUT2D eigenvalue weighted by Crippen LogP contribution is -2.62. The van der Waals surface area contributed by atoms with E-state index < -0.39 is 11.0 Å². The molecule has 1 fully saturated rings. The number of Topliss-reactive ketones (excluding diaryl/α,β-unsaturated/α-hetero) is 1. The maximum Gasteiger partial charge on any atom is 0.250 e. The van der Waals surface area contributed by atoms with Crippen LogP contribution in [-0.2, 0) is 10.3 Å². The Morgan fingerprint density at radius 2 is 1.69 bits per heavy atom. The standard InChI is InChI=1S/C27H24N2O3/c1-17-11-13-18(14-12-17)21-15-29(2)27(20-8-4-5-9-22(20)28-25(27)31)26(21)16-32-23-10-6-3-7-19(23)24(26)30/h3-14,21H,15-16H2,1-2H3,(H,28,31)/t21-,26+,27-/m0/s1. The smallest absolute Gasteiger partial charge is 0.250 e. The molecule has 5 nitrogen and oxygen atoms in total. The van der Waals surface area contributed by atoms with E-state index in [1.54, 1.807) is 0 Å². The van der Waals surface area contributed by atoms with Crippen LogP contribution in [0.2, 0.25) is 0 Å². The first-order chi connectivity index (χ1) is 15.5. The number of anilines is 1. The number of likely N-dealkylation sites (tertiary alicyclic amines) is 1. The number of ether oxygens (including phenoxy) is 1. The number of hydrogen-bond donors (Lipinski definition) is 1. The predicted molar refractivity (Wildman–Crippen MR) is 122 cm³/mol. The number of likely N-dealkylation sites (N-methyl/N-ethyl adjacent to an activating group) is 1. The Morgan fingerprint density at radius 1 is 0.969 bits per heavy atom. The summed E-state index contributed by atoms with van der Waals surface area (Å²) in [6, 6.07) is 23.4. The summed E-state index contributed by atoms with van der Waals surface area (Å²) in [6.45, 7) is 2.77. The predicted octanol–water partition coefficient (Wildman–Crippen LogP) is 4.13. The van der Waals surface area contributed by atoms with E-state index in [1.165, 1.54) is 0 Å². The molecule has 32 heavy (non-hydrogen) atoms. The van der Waals surface area contributed by atoms with Gasteiger partial charge in [0.2, 0.25) is 0 Å². The van der Waals surface area contributed by atoms with Crippen LogP contribution in [0.5, 0.6) is 5.75 Å². The summed E-state index contributed by atoms with van der Waals surface area (Å²) < 4.78 is 6.28. The normalized spacial score (nSPS) is 28.5. The summed E-state index contributed by atoms with van der Waals surface area (Å²) >= 11 is 0. The van der Waals surface area contributed by atoms with Crippen molar-refractivity contribution < 1.29 is 14.3 Å². The van der Waals surface area contributed by atoms with Crippen LogP contribution in [0.1, 0.15) is 33.0 Å². The van der Waals surface area contributed by atoms with Gasteiger partial charge in [-0.3, -0.25) is 14.5 Å². The molecular weight excluding hydrogens is 400 g/mol. The molecule has 0 unspecified atom stereocenters. The van der Waals surface area contributed by atoms with Crippen LogP contribution < -0.4 is 10.1 Å². The molecule has 1 amide bonds. The first-order valence-corrected chi connectivity index (χ1v) is 11.0. The maximum absolute atomic E-state index is 14.5. The van der Waals surface area contributed by atoms with Crippen LogP contribution in [0.3, 0.4) is 0 Å². The summed E-state index contributed by atoms with van der Waals surface area (Å²) in [5, 5.41) is 3.07. The molecule has 3 heterocycles. The third-order valence-corrected chi connectivity index (χ3v) is 7.64. The fourth-order valence-electron chi connectivity index (χ4n) is 6.22. The highest BCUT2D eigenvalue weighted by molar-refractivity contribution is 6.15.